The molecule has 2 bridgehead atoms. The van der Waals surface area contributed by atoms with Gasteiger partial charge in [0.25, 0.3) is 0 Å². The van der Waals surface area contributed by atoms with Gasteiger partial charge in [-0.25, -0.2) is 0 Å². The van der Waals surface area contributed by atoms with E-state index in [1.807, 2.05) is 0 Å². The van der Waals surface area contributed by atoms with E-state index in [0.29, 0.717) is 0 Å². The Hall–Kier alpha value is -4.88. The molecular formula is C63H73N. The molecule has 6 aromatic rings. The first kappa shape index (κ1) is 43.0. The topological polar surface area (TPSA) is 3.24 Å². The quantitative estimate of drug-likeness (QED) is 0.171. The maximum atomic E-state index is 2.73. The third-order valence-electron chi connectivity index (χ3n) is 17.2. The molecule has 0 aromatic heterocycles. The highest BCUT2D eigenvalue weighted by atomic mass is 15.2. The molecule has 0 spiro atoms. The number of fused-ring (bicyclic) bond motifs is 9. The lowest BCUT2D eigenvalue weighted by Crippen LogP contribution is -2.34. The normalized spacial score (nSPS) is 20.0. The Bertz CT molecular complexity index is 2960. The van der Waals surface area contributed by atoms with E-state index in [0.717, 1.165) is 6.42 Å². The van der Waals surface area contributed by atoms with Crippen LogP contribution in [0.15, 0.2) is 91.0 Å². The summed E-state index contributed by atoms with van der Waals surface area (Å²) in [6.45, 7) is 39.0. The molecule has 4 aliphatic rings. The molecule has 0 amide bonds. The third kappa shape index (κ3) is 6.36. The zero-order valence-corrected chi connectivity index (χ0v) is 42.1. The molecule has 0 radical (unpaired) electrons. The smallest absolute Gasteiger partial charge is 0.0549 e. The average molecular weight is 844 g/mol. The Morgan fingerprint density at radius 3 is 1.53 bits per heavy atom. The Morgan fingerprint density at radius 1 is 0.359 bits per heavy atom. The lowest BCUT2D eigenvalue weighted by atomic mass is 9.62. The number of benzene rings is 6. The van der Waals surface area contributed by atoms with Crippen molar-refractivity contribution in [1.29, 1.82) is 0 Å². The number of anilines is 3. The Balaban J connectivity index is 1.40. The van der Waals surface area contributed by atoms with Gasteiger partial charge in [0.05, 0.1) is 11.4 Å². The SMILES string of the molecule is Cc1cc2c(-c3ccc4c(c3)C(C)(C)CC4(C)C)c(c1)N(c1cc3c(cc1C)C(C)(C)CCC3(C)C)c1ccc(-c3ccccc3C)c(C)c1-c1cc3c(cc1-2)C(C)(C)CCC3(C)C. The highest BCUT2D eigenvalue weighted by molar-refractivity contribution is 6.08. The zero-order chi connectivity index (χ0) is 45.8. The van der Waals surface area contributed by atoms with Crippen LogP contribution in [0.1, 0.15) is 171 Å². The summed E-state index contributed by atoms with van der Waals surface area (Å²) in [5.41, 5.74) is 29.3. The highest BCUT2D eigenvalue weighted by Crippen LogP contribution is 2.60. The minimum absolute atomic E-state index is 0.0517. The number of hydrogen-bond acceptors (Lipinski definition) is 1. The maximum Gasteiger partial charge on any atom is 0.0549 e. The summed E-state index contributed by atoms with van der Waals surface area (Å²) in [5.74, 6) is 0. The molecule has 64 heavy (non-hydrogen) atoms. The van der Waals surface area contributed by atoms with Gasteiger partial charge in [-0.1, -0.05) is 144 Å². The van der Waals surface area contributed by atoms with E-state index in [2.05, 4.69) is 207 Å². The van der Waals surface area contributed by atoms with Crippen molar-refractivity contribution < 1.29 is 0 Å². The second-order valence-electron chi connectivity index (χ2n) is 24.9. The fraction of sp³-hybridized carbons (Fsp3) is 0.429. The van der Waals surface area contributed by atoms with Crippen molar-refractivity contribution >= 4 is 17.1 Å². The van der Waals surface area contributed by atoms with Gasteiger partial charge in [-0.2, -0.15) is 0 Å². The van der Waals surface area contributed by atoms with Crippen LogP contribution in [0.5, 0.6) is 0 Å². The molecule has 10 rings (SSSR count). The van der Waals surface area contributed by atoms with Crippen molar-refractivity contribution in [3.63, 3.8) is 0 Å². The highest BCUT2D eigenvalue weighted by Gasteiger charge is 2.44. The van der Waals surface area contributed by atoms with E-state index in [9.17, 15) is 0 Å². The predicted octanol–water partition coefficient (Wildman–Crippen LogP) is 18.0. The fourth-order valence-electron chi connectivity index (χ4n) is 13.4. The standard InChI is InChI=1S/C63H73N/c1-37-29-45-44-33-50-51(60(9,10)27-26-59(50,7)8)34-46(44)56-40(4)43(42-20-18-17-19-38(42)2)22-24-53(56)64(54-35-52-48(31-39(54)3)58(5,6)25-28-61(52,11)12)55(30-37)57(45)41-21-23-47-49(32-41)63(15,16)36-62(47,13)14/h17-24,29-35H,25-28,36H2,1-16H3. The lowest BCUT2D eigenvalue weighted by molar-refractivity contribution is 0.332. The van der Waals surface area contributed by atoms with Crippen LogP contribution in [0.3, 0.4) is 0 Å². The molecule has 330 valence electrons. The zero-order valence-electron chi connectivity index (χ0n) is 42.1. The summed E-state index contributed by atoms with van der Waals surface area (Å²) in [6.07, 6.45) is 5.88. The van der Waals surface area contributed by atoms with Gasteiger partial charge in [0.2, 0.25) is 0 Å². The predicted molar refractivity (Wildman–Crippen MR) is 277 cm³/mol. The minimum atomic E-state index is 0.0517. The Morgan fingerprint density at radius 2 is 0.906 bits per heavy atom. The van der Waals surface area contributed by atoms with Gasteiger partial charge in [0.15, 0.2) is 0 Å². The first-order valence-corrected chi connectivity index (χ1v) is 24.5. The molecule has 6 aromatic carbocycles. The number of aryl methyl sites for hydroxylation is 3. The van der Waals surface area contributed by atoms with E-state index in [1.165, 1.54) is 143 Å². The van der Waals surface area contributed by atoms with Crippen LogP contribution in [-0.2, 0) is 32.5 Å². The van der Waals surface area contributed by atoms with Crippen molar-refractivity contribution in [2.45, 2.75) is 175 Å². The molecule has 1 aliphatic heterocycles. The van der Waals surface area contributed by atoms with Crippen LogP contribution in [-0.4, -0.2) is 0 Å². The van der Waals surface area contributed by atoms with Crippen molar-refractivity contribution in [1.82, 2.24) is 0 Å². The van der Waals surface area contributed by atoms with E-state index in [1.54, 1.807) is 0 Å². The van der Waals surface area contributed by atoms with E-state index >= 15 is 0 Å². The van der Waals surface area contributed by atoms with Gasteiger partial charge < -0.3 is 4.90 Å². The Labute approximate surface area is 386 Å². The first-order chi connectivity index (χ1) is 29.8. The molecule has 0 atom stereocenters. The van der Waals surface area contributed by atoms with Crippen molar-refractivity contribution in [2.24, 2.45) is 0 Å². The molecule has 0 saturated heterocycles. The second-order valence-corrected chi connectivity index (χ2v) is 24.9. The van der Waals surface area contributed by atoms with Gasteiger partial charge >= 0.3 is 0 Å². The summed E-state index contributed by atoms with van der Waals surface area (Å²) < 4.78 is 0. The monoisotopic (exact) mass is 844 g/mol. The molecule has 0 unspecified atom stereocenters. The molecule has 1 heterocycles. The van der Waals surface area contributed by atoms with Crippen LogP contribution >= 0.6 is 0 Å². The number of rotatable bonds is 3. The minimum Gasteiger partial charge on any atom is -0.309 e. The van der Waals surface area contributed by atoms with E-state index in [4.69, 9.17) is 0 Å². The van der Waals surface area contributed by atoms with Crippen molar-refractivity contribution in [3.05, 3.63) is 147 Å². The lowest BCUT2D eigenvalue weighted by Gasteiger charge is -2.44. The summed E-state index contributed by atoms with van der Waals surface area (Å²) in [4.78, 5) is 2.73. The van der Waals surface area contributed by atoms with Gasteiger partial charge in [0.1, 0.15) is 0 Å². The van der Waals surface area contributed by atoms with Gasteiger partial charge in [-0.05, 0) is 212 Å². The van der Waals surface area contributed by atoms with Crippen LogP contribution in [0.25, 0.3) is 44.5 Å². The summed E-state index contributed by atoms with van der Waals surface area (Å²) >= 11 is 0. The molecular weight excluding hydrogens is 771 g/mol. The number of nitrogens with zero attached hydrogens (tertiary/aromatic N) is 1. The summed E-state index contributed by atoms with van der Waals surface area (Å²) in [7, 11) is 0. The average Bonchev–Trinajstić information content (AvgIpc) is 3.40. The number of hydrogen-bond donors (Lipinski definition) is 0. The molecule has 1 nitrogen and oxygen atoms in total. The van der Waals surface area contributed by atoms with E-state index < -0.39 is 0 Å². The first-order valence-electron chi connectivity index (χ1n) is 24.5. The van der Waals surface area contributed by atoms with Crippen LogP contribution in [0.4, 0.5) is 17.1 Å². The van der Waals surface area contributed by atoms with E-state index in [-0.39, 0.29) is 32.5 Å². The van der Waals surface area contributed by atoms with Gasteiger partial charge in [-0.15, -0.1) is 0 Å². The Kier molecular flexibility index (Phi) is 9.30. The second kappa shape index (κ2) is 13.8. The van der Waals surface area contributed by atoms with Crippen LogP contribution in [0.2, 0.25) is 0 Å². The maximum absolute atomic E-state index is 2.73. The fourth-order valence-corrected chi connectivity index (χ4v) is 13.4. The van der Waals surface area contributed by atoms with Crippen LogP contribution in [0, 0.1) is 27.7 Å². The largest absolute Gasteiger partial charge is 0.309 e. The van der Waals surface area contributed by atoms with Crippen molar-refractivity contribution in [2.75, 3.05) is 4.90 Å². The van der Waals surface area contributed by atoms with Gasteiger partial charge in [-0.3, -0.25) is 0 Å². The molecule has 0 N–H and O–H groups in total. The van der Waals surface area contributed by atoms with Crippen LogP contribution < -0.4 is 4.90 Å². The third-order valence-corrected chi connectivity index (χ3v) is 17.2. The molecule has 3 aliphatic carbocycles. The van der Waals surface area contributed by atoms with Crippen molar-refractivity contribution in [3.8, 4) is 44.5 Å². The van der Waals surface area contributed by atoms with Gasteiger partial charge in [0, 0.05) is 16.8 Å². The summed E-state index contributed by atoms with van der Waals surface area (Å²) in [6, 6.07) is 37.1. The molecule has 0 fully saturated rings. The molecule has 0 saturated carbocycles. The molecule has 1 heteroatoms. The summed E-state index contributed by atoms with van der Waals surface area (Å²) in [5, 5.41) is 0.